The summed E-state index contributed by atoms with van der Waals surface area (Å²) >= 11 is 3.40. The summed E-state index contributed by atoms with van der Waals surface area (Å²) in [5.74, 6) is -1.15. The molecule has 0 aromatic carbocycles. The van der Waals surface area contributed by atoms with Crippen molar-refractivity contribution in [1.29, 1.82) is 0 Å². The van der Waals surface area contributed by atoms with E-state index in [9.17, 15) is 14.7 Å². The number of rotatable bonds is 4. The molecule has 0 bridgehead atoms. The van der Waals surface area contributed by atoms with Crippen LogP contribution < -0.4 is 5.32 Å². The lowest BCUT2D eigenvalue weighted by atomic mass is 10.1. The maximum absolute atomic E-state index is 11.8. The molecule has 1 heterocycles. The number of carbonyl (C=O) groups excluding carboxylic acids is 1. The number of carbonyl (C=O) groups is 2. The molecule has 0 spiro atoms. The van der Waals surface area contributed by atoms with E-state index in [0.29, 0.717) is 0 Å². The van der Waals surface area contributed by atoms with Crippen LogP contribution in [0.3, 0.4) is 0 Å². The zero-order chi connectivity index (χ0) is 17.2. The fourth-order valence-corrected chi connectivity index (χ4v) is 2.26. The highest BCUT2D eigenvalue weighted by molar-refractivity contribution is 9.10. The minimum atomic E-state index is -1.15. The van der Waals surface area contributed by atoms with Crippen LogP contribution in [0.25, 0.3) is 0 Å². The van der Waals surface area contributed by atoms with Gasteiger partial charge in [0.15, 0.2) is 6.04 Å². The number of aliphatic carboxylic acids is 1. The molecular formula is C14H22BrN3O4. The minimum Gasteiger partial charge on any atom is -0.480 e. The Labute approximate surface area is 138 Å². The number of carboxylic acid groups (broad SMARTS) is 1. The van der Waals surface area contributed by atoms with Gasteiger partial charge in [0.2, 0.25) is 0 Å². The molecule has 0 saturated heterocycles. The van der Waals surface area contributed by atoms with Gasteiger partial charge in [0.1, 0.15) is 5.60 Å². The predicted octanol–water partition coefficient (Wildman–Crippen LogP) is 2.80. The number of hydrogen-bond donors (Lipinski definition) is 2. The van der Waals surface area contributed by atoms with Gasteiger partial charge in [-0.1, -0.05) is 0 Å². The van der Waals surface area contributed by atoms with Crippen LogP contribution >= 0.6 is 15.9 Å². The average molecular weight is 376 g/mol. The summed E-state index contributed by atoms with van der Waals surface area (Å²) in [6.07, 6.45) is -0.771. The Morgan fingerprint density at radius 2 is 1.91 bits per heavy atom. The highest BCUT2D eigenvalue weighted by Gasteiger charge is 2.31. The molecule has 1 aromatic rings. The number of nitrogens with zero attached hydrogens (tertiary/aromatic N) is 2. The highest BCUT2D eigenvalue weighted by atomic mass is 79.9. The first kappa shape index (κ1) is 18.5. The number of hydrogen-bond acceptors (Lipinski definition) is 4. The van der Waals surface area contributed by atoms with E-state index in [1.165, 1.54) is 0 Å². The van der Waals surface area contributed by atoms with E-state index in [1.807, 2.05) is 13.8 Å². The molecule has 0 saturated carbocycles. The van der Waals surface area contributed by atoms with Crippen molar-refractivity contribution in [3.63, 3.8) is 0 Å². The number of nitrogens with one attached hydrogen (secondary N) is 1. The van der Waals surface area contributed by atoms with Crippen LogP contribution in [0.4, 0.5) is 4.79 Å². The Morgan fingerprint density at radius 1 is 1.36 bits per heavy atom. The summed E-state index contributed by atoms with van der Waals surface area (Å²) < 4.78 is 7.51. The summed E-state index contributed by atoms with van der Waals surface area (Å²) in [6.45, 7) is 10.5. The molecule has 0 aliphatic carbocycles. The van der Waals surface area contributed by atoms with Crippen molar-refractivity contribution >= 4 is 28.0 Å². The van der Waals surface area contributed by atoms with E-state index in [1.54, 1.807) is 32.4 Å². The minimum absolute atomic E-state index is 0.574. The monoisotopic (exact) mass is 375 g/mol. The van der Waals surface area contributed by atoms with E-state index in [0.717, 1.165) is 15.9 Å². The van der Waals surface area contributed by atoms with Crippen LogP contribution in [-0.4, -0.2) is 38.6 Å². The average Bonchev–Trinajstić information content (AvgIpc) is 2.60. The van der Waals surface area contributed by atoms with Gasteiger partial charge in [-0.05, 0) is 57.5 Å². The molecule has 2 atom stereocenters. The molecule has 0 aliphatic heterocycles. The van der Waals surface area contributed by atoms with E-state index < -0.39 is 29.7 Å². The molecule has 1 rings (SSSR count). The lowest BCUT2D eigenvalue weighted by Crippen LogP contribution is -2.47. The third kappa shape index (κ3) is 4.46. The standard InChI is InChI=1S/C14H22BrN3O4/c1-7-10(15)8(2)18(17-7)9(3)11(12(19)20)16-13(21)22-14(4,5)6/h9,11H,1-6H3,(H,16,21)(H,19,20). The Morgan fingerprint density at radius 3 is 2.27 bits per heavy atom. The van der Waals surface area contributed by atoms with Gasteiger partial charge in [0.25, 0.3) is 0 Å². The zero-order valence-corrected chi connectivity index (χ0v) is 15.2. The molecular weight excluding hydrogens is 354 g/mol. The van der Waals surface area contributed by atoms with Crippen LogP contribution in [0, 0.1) is 13.8 Å². The first-order chi connectivity index (χ1) is 9.94. The summed E-state index contributed by atoms with van der Waals surface area (Å²) in [7, 11) is 0. The molecule has 0 fully saturated rings. The van der Waals surface area contributed by atoms with Gasteiger partial charge in [-0.25, -0.2) is 9.59 Å². The second-order valence-electron chi connectivity index (χ2n) is 6.13. The van der Waals surface area contributed by atoms with Crippen LogP contribution in [0.15, 0.2) is 4.47 Å². The second kappa shape index (κ2) is 6.68. The first-order valence-corrected chi connectivity index (χ1v) is 7.67. The smallest absolute Gasteiger partial charge is 0.408 e. The lowest BCUT2D eigenvalue weighted by Gasteiger charge is -2.25. The van der Waals surface area contributed by atoms with Crippen LogP contribution in [0.1, 0.15) is 45.1 Å². The molecule has 1 aromatic heterocycles. The SMILES string of the molecule is Cc1nn(C(C)C(NC(=O)OC(C)(C)C)C(=O)O)c(C)c1Br. The number of halogens is 1. The van der Waals surface area contributed by atoms with Gasteiger partial charge < -0.3 is 15.2 Å². The van der Waals surface area contributed by atoms with Crippen molar-refractivity contribution in [3.05, 3.63) is 15.9 Å². The van der Waals surface area contributed by atoms with Crippen molar-refractivity contribution in [2.75, 3.05) is 0 Å². The Hall–Kier alpha value is -1.57. The Kier molecular flexibility index (Phi) is 5.61. The molecule has 7 nitrogen and oxygen atoms in total. The number of aromatic nitrogens is 2. The van der Waals surface area contributed by atoms with Gasteiger partial charge in [-0.2, -0.15) is 5.10 Å². The topological polar surface area (TPSA) is 93.5 Å². The molecule has 124 valence electrons. The molecule has 22 heavy (non-hydrogen) atoms. The molecule has 2 N–H and O–H groups in total. The molecule has 8 heteroatoms. The third-order valence-electron chi connectivity index (χ3n) is 3.04. The summed E-state index contributed by atoms with van der Waals surface area (Å²) in [4.78, 5) is 23.3. The number of carboxylic acids is 1. The second-order valence-corrected chi connectivity index (χ2v) is 6.93. The normalized spacial score (nSPS) is 14.3. The van der Waals surface area contributed by atoms with Gasteiger partial charge in [-0.15, -0.1) is 0 Å². The summed E-state index contributed by atoms with van der Waals surface area (Å²) in [6, 6.07) is -1.73. The molecule has 0 radical (unpaired) electrons. The first-order valence-electron chi connectivity index (χ1n) is 6.87. The number of amides is 1. The van der Waals surface area contributed by atoms with Crippen LogP contribution in [0.5, 0.6) is 0 Å². The quantitative estimate of drug-likeness (QED) is 0.843. The van der Waals surface area contributed by atoms with Gasteiger partial charge in [0, 0.05) is 0 Å². The summed E-state index contributed by atoms with van der Waals surface area (Å²) in [5.41, 5.74) is 0.852. The third-order valence-corrected chi connectivity index (χ3v) is 4.19. The highest BCUT2D eigenvalue weighted by Crippen LogP contribution is 2.24. The number of ether oxygens (including phenoxy) is 1. The Bertz CT molecular complexity index is 577. The van der Waals surface area contributed by atoms with Gasteiger partial charge in [-0.3, -0.25) is 4.68 Å². The lowest BCUT2D eigenvalue weighted by molar-refractivity contribution is -0.140. The van der Waals surface area contributed by atoms with E-state index >= 15 is 0 Å². The van der Waals surface area contributed by atoms with Crippen molar-refractivity contribution in [3.8, 4) is 0 Å². The van der Waals surface area contributed by atoms with Crippen molar-refractivity contribution in [2.45, 2.75) is 59.2 Å². The van der Waals surface area contributed by atoms with Gasteiger partial charge >= 0.3 is 12.1 Å². The molecule has 2 unspecified atom stereocenters. The van der Waals surface area contributed by atoms with Crippen molar-refractivity contribution in [1.82, 2.24) is 15.1 Å². The fourth-order valence-electron chi connectivity index (χ4n) is 2.00. The molecule has 1 amide bonds. The largest absolute Gasteiger partial charge is 0.480 e. The van der Waals surface area contributed by atoms with Crippen molar-refractivity contribution < 1.29 is 19.4 Å². The molecule has 0 aliphatic rings. The van der Waals surface area contributed by atoms with Crippen LogP contribution in [-0.2, 0) is 9.53 Å². The fraction of sp³-hybridized carbons (Fsp3) is 0.643. The van der Waals surface area contributed by atoms with Gasteiger partial charge in [0.05, 0.1) is 21.9 Å². The number of aryl methyl sites for hydroxylation is 1. The van der Waals surface area contributed by atoms with Crippen LogP contribution in [0.2, 0.25) is 0 Å². The Balaban J connectivity index is 2.98. The van der Waals surface area contributed by atoms with E-state index in [2.05, 4.69) is 26.3 Å². The number of alkyl carbamates (subject to hydrolysis) is 1. The summed E-state index contributed by atoms with van der Waals surface area (Å²) in [5, 5.41) is 16.1. The zero-order valence-electron chi connectivity index (χ0n) is 13.6. The van der Waals surface area contributed by atoms with Crippen molar-refractivity contribution in [2.24, 2.45) is 0 Å². The van der Waals surface area contributed by atoms with E-state index in [4.69, 9.17) is 4.74 Å². The maximum atomic E-state index is 11.8. The predicted molar refractivity (Wildman–Crippen MR) is 84.9 cm³/mol. The maximum Gasteiger partial charge on any atom is 0.408 e. The van der Waals surface area contributed by atoms with E-state index in [-0.39, 0.29) is 0 Å².